The van der Waals surface area contributed by atoms with Gasteiger partial charge in [-0.3, -0.25) is 9.59 Å². The minimum atomic E-state index is -0.000679. The second-order valence-electron chi connectivity index (χ2n) is 5.89. The highest BCUT2D eigenvalue weighted by molar-refractivity contribution is 5.75. The van der Waals surface area contributed by atoms with Gasteiger partial charge in [0.2, 0.25) is 11.8 Å². The Balaban J connectivity index is 2.14. The smallest absolute Gasteiger partial charge is 0.220 e. The lowest BCUT2D eigenvalue weighted by Crippen LogP contribution is -2.40. The maximum Gasteiger partial charge on any atom is 0.220 e. The number of amides is 2. The van der Waals surface area contributed by atoms with Gasteiger partial charge in [0.25, 0.3) is 0 Å². The van der Waals surface area contributed by atoms with Crippen LogP contribution in [0.15, 0.2) is 30.3 Å². The first-order chi connectivity index (χ1) is 11.0. The number of rotatable bonds is 10. The van der Waals surface area contributed by atoms with Crippen molar-refractivity contribution in [1.82, 2.24) is 10.6 Å². The summed E-state index contributed by atoms with van der Waals surface area (Å²) >= 11 is 0. The Morgan fingerprint density at radius 2 is 1.78 bits per heavy atom. The second-order valence-corrected chi connectivity index (χ2v) is 5.89. The molecule has 0 unspecified atom stereocenters. The number of carbonyl (C=O) groups is 2. The number of unbranched alkanes of at least 4 members (excludes halogenated alkanes) is 2. The van der Waals surface area contributed by atoms with Crippen molar-refractivity contribution in [2.24, 2.45) is 0 Å². The van der Waals surface area contributed by atoms with Crippen LogP contribution in [0.4, 0.5) is 5.69 Å². The molecule has 5 heteroatoms. The van der Waals surface area contributed by atoms with Crippen molar-refractivity contribution in [3.8, 4) is 0 Å². The molecule has 1 aromatic carbocycles. The summed E-state index contributed by atoms with van der Waals surface area (Å²) in [5, 5.41) is 5.75. The summed E-state index contributed by atoms with van der Waals surface area (Å²) in [4.78, 5) is 24.7. The summed E-state index contributed by atoms with van der Waals surface area (Å²) in [6.07, 6.45) is 3.27. The molecule has 0 spiro atoms. The number of carbonyl (C=O) groups excluding carboxylic acids is 2. The highest BCUT2D eigenvalue weighted by Crippen LogP contribution is 2.13. The molecule has 0 fully saturated rings. The number of likely N-dealkylation sites (N-methyl/N-ethyl adjacent to an activating group) is 1. The van der Waals surface area contributed by atoms with Crippen LogP contribution in [0, 0.1) is 0 Å². The Bertz CT molecular complexity index is 476. The van der Waals surface area contributed by atoms with Gasteiger partial charge in [0.05, 0.1) is 0 Å². The third-order valence-corrected chi connectivity index (χ3v) is 3.87. The summed E-state index contributed by atoms with van der Waals surface area (Å²) in [6.45, 7) is 4.94. The van der Waals surface area contributed by atoms with E-state index in [1.165, 1.54) is 6.92 Å². The molecule has 5 nitrogen and oxygen atoms in total. The molecule has 0 heterocycles. The SMILES string of the molecule is CC(=O)NCCCCCC(=O)NC[C@@H](C)N(C)c1ccccc1. The zero-order valence-corrected chi connectivity index (χ0v) is 14.5. The van der Waals surface area contributed by atoms with E-state index in [1.807, 2.05) is 25.2 Å². The van der Waals surface area contributed by atoms with E-state index in [4.69, 9.17) is 0 Å². The van der Waals surface area contributed by atoms with Crippen LogP contribution in [0.5, 0.6) is 0 Å². The minimum Gasteiger partial charge on any atom is -0.370 e. The van der Waals surface area contributed by atoms with E-state index >= 15 is 0 Å². The van der Waals surface area contributed by atoms with Crippen molar-refractivity contribution in [1.29, 1.82) is 0 Å². The molecule has 0 aromatic heterocycles. The van der Waals surface area contributed by atoms with E-state index in [0.29, 0.717) is 19.5 Å². The van der Waals surface area contributed by atoms with E-state index in [2.05, 4.69) is 34.6 Å². The summed E-state index contributed by atoms with van der Waals surface area (Å²) in [7, 11) is 2.04. The summed E-state index contributed by atoms with van der Waals surface area (Å²) < 4.78 is 0. The first-order valence-corrected chi connectivity index (χ1v) is 8.29. The molecule has 2 N–H and O–H groups in total. The molecule has 0 aliphatic carbocycles. The van der Waals surface area contributed by atoms with Gasteiger partial charge in [-0.15, -0.1) is 0 Å². The van der Waals surface area contributed by atoms with Crippen molar-refractivity contribution >= 4 is 17.5 Å². The normalized spacial score (nSPS) is 11.6. The molecular weight excluding hydrogens is 290 g/mol. The molecule has 0 bridgehead atoms. The predicted octanol–water partition coefficient (Wildman–Crippen LogP) is 2.32. The predicted molar refractivity (Wildman–Crippen MR) is 94.5 cm³/mol. The number of hydrogen-bond donors (Lipinski definition) is 2. The average Bonchev–Trinajstić information content (AvgIpc) is 2.55. The molecule has 0 aliphatic rings. The van der Waals surface area contributed by atoms with Crippen LogP contribution < -0.4 is 15.5 Å². The summed E-state index contributed by atoms with van der Waals surface area (Å²) in [5.74, 6) is 0.0945. The quantitative estimate of drug-likeness (QED) is 0.651. The van der Waals surface area contributed by atoms with E-state index in [1.54, 1.807) is 0 Å². The topological polar surface area (TPSA) is 61.4 Å². The fourth-order valence-electron chi connectivity index (χ4n) is 2.26. The molecule has 0 aliphatic heterocycles. The van der Waals surface area contributed by atoms with E-state index in [0.717, 1.165) is 24.9 Å². The Morgan fingerprint density at radius 3 is 2.43 bits per heavy atom. The minimum absolute atomic E-state index is 0.000679. The highest BCUT2D eigenvalue weighted by atomic mass is 16.2. The summed E-state index contributed by atoms with van der Waals surface area (Å²) in [5.41, 5.74) is 1.15. The van der Waals surface area contributed by atoms with Crippen molar-refractivity contribution < 1.29 is 9.59 Å². The molecule has 128 valence electrons. The lowest BCUT2D eigenvalue weighted by molar-refractivity contribution is -0.121. The number of para-hydroxylation sites is 1. The van der Waals surface area contributed by atoms with Crippen LogP contribution in [-0.2, 0) is 9.59 Å². The number of nitrogens with one attached hydrogen (secondary N) is 2. The van der Waals surface area contributed by atoms with Crippen LogP contribution in [0.1, 0.15) is 39.5 Å². The van der Waals surface area contributed by atoms with Gasteiger partial charge in [-0.2, -0.15) is 0 Å². The van der Waals surface area contributed by atoms with Crippen LogP contribution in [-0.4, -0.2) is 38.0 Å². The first-order valence-electron chi connectivity index (χ1n) is 8.29. The Kier molecular flexibility index (Phi) is 8.80. The highest BCUT2D eigenvalue weighted by Gasteiger charge is 2.11. The van der Waals surface area contributed by atoms with Gasteiger partial charge in [-0.25, -0.2) is 0 Å². The van der Waals surface area contributed by atoms with E-state index < -0.39 is 0 Å². The van der Waals surface area contributed by atoms with Crippen molar-refractivity contribution in [2.75, 3.05) is 25.0 Å². The largest absolute Gasteiger partial charge is 0.370 e. The van der Waals surface area contributed by atoms with Crippen LogP contribution >= 0.6 is 0 Å². The number of benzene rings is 1. The van der Waals surface area contributed by atoms with Gasteiger partial charge in [0.15, 0.2) is 0 Å². The fourth-order valence-corrected chi connectivity index (χ4v) is 2.26. The lowest BCUT2D eigenvalue weighted by Gasteiger charge is -2.27. The number of nitrogens with zero attached hydrogens (tertiary/aromatic N) is 1. The zero-order chi connectivity index (χ0) is 17.1. The van der Waals surface area contributed by atoms with Gasteiger partial charge in [0, 0.05) is 45.2 Å². The molecule has 23 heavy (non-hydrogen) atoms. The van der Waals surface area contributed by atoms with Gasteiger partial charge >= 0.3 is 0 Å². The van der Waals surface area contributed by atoms with Gasteiger partial charge < -0.3 is 15.5 Å². The first kappa shape index (κ1) is 19.0. The number of hydrogen-bond acceptors (Lipinski definition) is 3. The van der Waals surface area contributed by atoms with Crippen molar-refractivity contribution in [3.05, 3.63) is 30.3 Å². The van der Waals surface area contributed by atoms with Crippen LogP contribution in [0.2, 0.25) is 0 Å². The maximum atomic E-state index is 11.8. The van der Waals surface area contributed by atoms with Crippen LogP contribution in [0.3, 0.4) is 0 Å². The molecular formula is C18H29N3O2. The fraction of sp³-hybridized carbons (Fsp3) is 0.556. The van der Waals surface area contributed by atoms with Gasteiger partial charge in [-0.1, -0.05) is 24.6 Å². The Labute approximate surface area is 139 Å². The van der Waals surface area contributed by atoms with Crippen molar-refractivity contribution in [2.45, 2.75) is 45.6 Å². The van der Waals surface area contributed by atoms with E-state index in [-0.39, 0.29) is 17.9 Å². The molecule has 1 aromatic rings. The maximum absolute atomic E-state index is 11.8. The third kappa shape index (κ3) is 8.24. The zero-order valence-electron chi connectivity index (χ0n) is 14.5. The standard InChI is InChI=1S/C18H29N3O2/c1-15(21(3)17-10-6-4-7-11-17)14-20-18(23)12-8-5-9-13-19-16(2)22/h4,6-7,10-11,15H,5,8-9,12-14H2,1-3H3,(H,19,22)(H,20,23)/t15-/m1/s1. The molecule has 1 rings (SSSR count). The molecule has 0 saturated heterocycles. The average molecular weight is 319 g/mol. The molecule has 0 radical (unpaired) electrons. The summed E-state index contributed by atoms with van der Waals surface area (Å²) in [6, 6.07) is 10.4. The Hall–Kier alpha value is -2.04. The second kappa shape index (κ2) is 10.6. The third-order valence-electron chi connectivity index (χ3n) is 3.87. The van der Waals surface area contributed by atoms with Crippen molar-refractivity contribution in [3.63, 3.8) is 0 Å². The molecule has 1 atom stereocenters. The lowest BCUT2D eigenvalue weighted by atomic mass is 10.2. The van der Waals surface area contributed by atoms with E-state index in [9.17, 15) is 9.59 Å². The van der Waals surface area contributed by atoms with Gasteiger partial charge in [-0.05, 0) is 31.9 Å². The molecule has 0 saturated carbocycles. The van der Waals surface area contributed by atoms with Crippen LogP contribution in [0.25, 0.3) is 0 Å². The van der Waals surface area contributed by atoms with Gasteiger partial charge in [0.1, 0.15) is 0 Å². The number of anilines is 1. The monoisotopic (exact) mass is 319 g/mol. The molecule has 2 amide bonds. The Morgan fingerprint density at radius 1 is 1.09 bits per heavy atom.